The van der Waals surface area contributed by atoms with E-state index in [0.29, 0.717) is 25.9 Å². The van der Waals surface area contributed by atoms with Gasteiger partial charge in [0.05, 0.1) is 22.0 Å². The Morgan fingerprint density at radius 3 is 1.97 bits per heavy atom. The van der Waals surface area contributed by atoms with Gasteiger partial charge in [0.15, 0.2) is 0 Å². The first-order valence-electron chi connectivity index (χ1n) is 11.4. The number of sulfonamides is 1. The zero-order valence-electron chi connectivity index (χ0n) is 19.8. The first-order chi connectivity index (χ1) is 16.5. The van der Waals surface area contributed by atoms with Crippen molar-refractivity contribution in [1.29, 1.82) is 0 Å². The number of esters is 1. The molecule has 11 heteroatoms. The number of hydrogen-bond donors (Lipinski definition) is 0. The van der Waals surface area contributed by atoms with Crippen LogP contribution in [0.25, 0.3) is 0 Å². The van der Waals surface area contributed by atoms with Crippen LogP contribution in [0.1, 0.15) is 56.3 Å². The molecule has 0 saturated carbocycles. The second kappa shape index (κ2) is 12.5. The second-order valence-electron chi connectivity index (χ2n) is 7.98. The van der Waals surface area contributed by atoms with Gasteiger partial charge in [0.2, 0.25) is 19.9 Å². The van der Waals surface area contributed by atoms with Crippen LogP contribution in [0.2, 0.25) is 0 Å². The number of unbranched alkanes of at least 4 members (excludes halogenated alkanes) is 1. The molecule has 0 unspecified atom stereocenters. The van der Waals surface area contributed by atoms with E-state index < -0.39 is 42.4 Å². The van der Waals surface area contributed by atoms with Gasteiger partial charge in [-0.25, -0.2) is 21.6 Å². The van der Waals surface area contributed by atoms with Crippen molar-refractivity contribution in [2.75, 3.05) is 19.7 Å². The fourth-order valence-electron chi connectivity index (χ4n) is 3.35. The zero-order chi connectivity index (χ0) is 26.1. The number of nitrogens with zero attached hydrogens (tertiary/aromatic N) is 1. The van der Waals surface area contributed by atoms with Crippen molar-refractivity contribution >= 4 is 25.8 Å². The van der Waals surface area contributed by atoms with Crippen LogP contribution in [0.4, 0.5) is 8.78 Å². The highest BCUT2D eigenvalue weighted by Crippen LogP contribution is 2.33. The van der Waals surface area contributed by atoms with E-state index in [9.17, 15) is 30.4 Å². The first kappa shape index (κ1) is 28.9. The summed E-state index contributed by atoms with van der Waals surface area (Å²) < 4.78 is 84.9. The number of sulfone groups is 1. The molecule has 0 bridgehead atoms. The molecule has 0 spiro atoms. The summed E-state index contributed by atoms with van der Waals surface area (Å²) in [6.45, 7) is 4.39. The van der Waals surface area contributed by atoms with Gasteiger partial charge in [0, 0.05) is 19.5 Å². The number of carbonyl (C=O) groups excluding carboxylic acids is 1. The first-order valence-corrected chi connectivity index (χ1v) is 14.3. The van der Waals surface area contributed by atoms with E-state index in [4.69, 9.17) is 4.74 Å². The van der Waals surface area contributed by atoms with Crippen LogP contribution < -0.4 is 0 Å². The largest absolute Gasteiger partial charge is 0.462 e. The molecule has 0 aromatic heterocycles. The number of benzene rings is 2. The molecule has 0 fully saturated rings. The van der Waals surface area contributed by atoms with Gasteiger partial charge in [-0.05, 0) is 62.1 Å². The van der Waals surface area contributed by atoms with Crippen molar-refractivity contribution in [1.82, 2.24) is 4.31 Å². The Bertz CT molecular complexity index is 1160. The molecule has 35 heavy (non-hydrogen) atoms. The SMILES string of the molecule is CCCN(CCC)S(=O)(=O)c1ccc(C(=O)OCCCCC(F)(F)S(=O)(=O)c2ccccc2)cc1. The van der Waals surface area contributed by atoms with Crippen LogP contribution in [-0.4, -0.2) is 52.1 Å². The number of halogens is 2. The van der Waals surface area contributed by atoms with Gasteiger partial charge in [0.25, 0.3) is 0 Å². The highest BCUT2D eigenvalue weighted by Gasteiger charge is 2.45. The number of rotatable bonds is 14. The molecular weight excluding hydrogens is 500 g/mol. The maximum absolute atomic E-state index is 14.3. The topological polar surface area (TPSA) is 97.8 Å². The molecule has 0 saturated heterocycles. The summed E-state index contributed by atoms with van der Waals surface area (Å²) in [6.07, 6.45) is 0.317. The van der Waals surface area contributed by atoms with Crippen LogP contribution in [0, 0.1) is 0 Å². The minimum atomic E-state index is -4.81. The molecule has 2 aromatic carbocycles. The number of ether oxygens (including phenoxy) is 1. The lowest BCUT2D eigenvalue weighted by molar-refractivity contribution is 0.0475. The lowest BCUT2D eigenvalue weighted by Gasteiger charge is -2.21. The number of carbonyl (C=O) groups is 1. The molecule has 0 heterocycles. The van der Waals surface area contributed by atoms with Crippen LogP contribution in [-0.2, 0) is 24.6 Å². The van der Waals surface area contributed by atoms with Crippen molar-refractivity contribution < 1.29 is 35.1 Å². The summed E-state index contributed by atoms with van der Waals surface area (Å²) >= 11 is 0. The molecule has 0 aliphatic carbocycles. The summed E-state index contributed by atoms with van der Waals surface area (Å²) in [6, 6.07) is 11.9. The molecule has 0 aliphatic heterocycles. The average Bonchev–Trinajstić information content (AvgIpc) is 2.84. The molecule has 0 atom stereocenters. The minimum absolute atomic E-state index is 0.0428. The fraction of sp³-hybridized carbons (Fsp3) is 0.458. The normalized spacial score (nSPS) is 12.6. The number of alkyl halides is 2. The quantitative estimate of drug-likeness (QED) is 0.254. The minimum Gasteiger partial charge on any atom is -0.462 e. The van der Waals surface area contributed by atoms with Crippen molar-refractivity contribution in [3.05, 3.63) is 60.2 Å². The summed E-state index contributed by atoms with van der Waals surface area (Å²) in [7, 11) is -8.49. The molecule has 194 valence electrons. The van der Waals surface area contributed by atoms with Crippen molar-refractivity contribution in [2.24, 2.45) is 0 Å². The van der Waals surface area contributed by atoms with Crippen LogP contribution in [0.15, 0.2) is 64.4 Å². The Balaban J connectivity index is 1.89. The van der Waals surface area contributed by atoms with Crippen molar-refractivity contribution in [3.63, 3.8) is 0 Å². The molecule has 0 amide bonds. The Hall–Kier alpha value is -2.37. The van der Waals surface area contributed by atoms with E-state index in [1.807, 2.05) is 13.8 Å². The van der Waals surface area contributed by atoms with Gasteiger partial charge in [-0.3, -0.25) is 0 Å². The predicted octanol–water partition coefficient (Wildman–Crippen LogP) is 4.89. The Kier molecular flexibility index (Phi) is 10.3. The van der Waals surface area contributed by atoms with Crippen LogP contribution in [0.3, 0.4) is 0 Å². The van der Waals surface area contributed by atoms with Gasteiger partial charge in [-0.1, -0.05) is 32.0 Å². The highest BCUT2D eigenvalue weighted by atomic mass is 32.2. The predicted molar refractivity (Wildman–Crippen MR) is 128 cm³/mol. The van der Waals surface area contributed by atoms with Crippen molar-refractivity contribution in [3.8, 4) is 0 Å². The molecule has 2 rings (SSSR count). The third kappa shape index (κ3) is 7.31. The molecule has 2 aromatic rings. The van der Waals surface area contributed by atoms with E-state index >= 15 is 0 Å². The third-order valence-corrected chi connectivity index (χ3v) is 9.01. The summed E-state index contributed by atoms with van der Waals surface area (Å²) in [5, 5.41) is -3.94. The van der Waals surface area contributed by atoms with Gasteiger partial charge < -0.3 is 4.74 Å². The Morgan fingerprint density at radius 2 is 1.43 bits per heavy atom. The molecule has 7 nitrogen and oxygen atoms in total. The standard InChI is InChI=1S/C24H31F2NO6S2/c1-3-17-27(18-4-2)35(31,32)22-14-12-20(13-15-22)23(28)33-19-9-8-16-24(25,26)34(29,30)21-10-6-5-7-11-21/h5-7,10-15H,3-4,8-9,16-19H2,1-2H3. The van der Waals surface area contributed by atoms with E-state index in [2.05, 4.69) is 0 Å². The summed E-state index contributed by atoms with van der Waals surface area (Å²) in [5.41, 5.74) is 0.124. The maximum Gasteiger partial charge on any atom is 0.350 e. The third-order valence-electron chi connectivity index (χ3n) is 5.22. The summed E-state index contributed by atoms with van der Waals surface area (Å²) in [5.74, 6) is -0.725. The highest BCUT2D eigenvalue weighted by molar-refractivity contribution is 7.92. The second-order valence-corrected chi connectivity index (χ2v) is 12.0. The molecule has 0 aliphatic rings. The van der Waals surface area contributed by atoms with Crippen LogP contribution in [0.5, 0.6) is 0 Å². The van der Waals surface area contributed by atoms with E-state index in [1.54, 1.807) is 0 Å². The zero-order valence-corrected chi connectivity index (χ0v) is 21.5. The van der Waals surface area contributed by atoms with Gasteiger partial charge in [-0.15, -0.1) is 0 Å². The molecular formula is C24H31F2NO6S2. The van der Waals surface area contributed by atoms with Gasteiger partial charge in [0.1, 0.15) is 0 Å². The van der Waals surface area contributed by atoms with E-state index in [-0.39, 0.29) is 29.9 Å². The average molecular weight is 532 g/mol. The molecule has 0 N–H and O–H groups in total. The van der Waals surface area contributed by atoms with Crippen LogP contribution >= 0.6 is 0 Å². The maximum atomic E-state index is 14.3. The van der Waals surface area contributed by atoms with E-state index in [1.165, 1.54) is 46.8 Å². The van der Waals surface area contributed by atoms with Gasteiger partial charge in [-0.2, -0.15) is 13.1 Å². The Morgan fingerprint density at radius 1 is 0.857 bits per heavy atom. The summed E-state index contributed by atoms with van der Waals surface area (Å²) in [4.78, 5) is 11.8. The monoisotopic (exact) mass is 531 g/mol. The Labute approximate surface area is 206 Å². The lowest BCUT2D eigenvalue weighted by atomic mass is 10.2. The van der Waals surface area contributed by atoms with Gasteiger partial charge >= 0.3 is 11.2 Å². The lowest BCUT2D eigenvalue weighted by Crippen LogP contribution is -2.32. The number of hydrogen-bond acceptors (Lipinski definition) is 6. The van der Waals surface area contributed by atoms with Crippen molar-refractivity contribution in [2.45, 2.75) is 61.0 Å². The van der Waals surface area contributed by atoms with E-state index in [0.717, 1.165) is 12.1 Å². The smallest absolute Gasteiger partial charge is 0.350 e. The fourth-order valence-corrected chi connectivity index (χ4v) is 6.25. The molecule has 0 radical (unpaired) electrons.